The second-order valence-electron chi connectivity index (χ2n) is 6.79. The van der Waals surface area contributed by atoms with Crippen LogP contribution in [0.5, 0.6) is 0 Å². The van der Waals surface area contributed by atoms with Gasteiger partial charge in [0.05, 0.1) is 22.5 Å². The van der Waals surface area contributed by atoms with Gasteiger partial charge in [0.2, 0.25) is 0 Å². The molecule has 5 aromatic rings. The van der Waals surface area contributed by atoms with Crippen LogP contribution in [0.4, 0.5) is 5.13 Å². The number of hydrogen-bond donors (Lipinski definition) is 2. The number of amides is 1. The van der Waals surface area contributed by atoms with E-state index < -0.39 is 0 Å². The van der Waals surface area contributed by atoms with Crippen molar-refractivity contribution < 1.29 is 4.79 Å². The molecule has 0 saturated carbocycles. The van der Waals surface area contributed by atoms with Crippen molar-refractivity contribution in [1.82, 2.24) is 20.2 Å². The molecule has 0 aliphatic carbocycles. The summed E-state index contributed by atoms with van der Waals surface area (Å²) in [5, 5.41) is 13.8. The van der Waals surface area contributed by atoms with Crippen molar-refractivity contribution in [3.8, 4) is 0 Å². The topological polar surface area (TPSA) is 83.6 Å². The molecule has 0 fully saturated rings. The van der Waals surface area contributed by atoms with E-state index in [0.717, 1.165) is 32.1 Å². The van der Waals surface area contributed by atoms with E-state index in [1.54, 1.807) is 12.4 Å². The van der Waals surface area contributed by atoms with Crippen LogP contribution < -0.4 is 5.32 Å². The largest absolute Gasteiger partial charge is 0.298 e. The number of carbonyl (C=O) groups excluding carboxylic acids is 1. The number of carbonyl (C=O) groups is 1. The highest BCUT2D eigenvalue weighted by Crippen LogP contribution is 2.33. The molecule has 0 radical (unpaired) electrons. The molecule has 2 aromatic carbocycles. The van der Waals surface area contributed by atoms with Crippen molar-refractivity contribution in [2.24, 2.45) is 0 Å². The van der Waals surface area contributed by atoms with E-state index in [1.165, 1.54) is 23.1 Å². The molecule has 0 atom stereocenters. The van der Waals surface area contributed by atoms with Gasteiger partial charge in [0.15, 0.2) is 5.13 Å². The van der Waals surface area contributed by atoms with Crippen LogP contribution in [0.15, 0.2) is 88.2 Å². The van der Waals surface area contributed by atoms with E-state index in [-0.39, 0.29) is 5.91 Å². The zero-order chi connectivity index (χ0) is 21.8. The first-order chi connectivity index (χ1) is 15.8. The van der Waals surface area contributed by atoms with Crippen molar-refractivity contribution in [3.63, 3.8) is 0 Å². The van der Waals surface area contributed by atoms with E-state index in [0.29, 0.717) is 10.7 Å². The Morgan fingerprint density at radius 3 is 2.75 bits per heavy atom. The van der Waals surface area contributed by atoms with Gasteiger partial charge >= 0.3 is 0 Å². The summed E-state index contributed by atoms with van der Waals surface area (Å²) >= 11 is 2.93. The fourth-order valence-electron chi connectivity index (χ4n) is 3.17. The molecule has 0 spiro atoms. The van der Waals surface area contributed by atoms with Gasteiger partial charge in [0, 0.05) is 33.0 Å². The lowest BCUT2D eigenvalue weighted by atomic mass is 10.2. The fraction of sp³-hybridized carbons (Fsp3) is 0. The van der Waals surface area contributed by atoms with E-state index in [4.69, 9.17) is 0 Å². The van der Waals surface area contributed by atoms with Crippen molar-refractivity contribution in [2.45, 2.75) is 9.79 Å². The minimum absolute atomic E-state index is 0.174. The molecular weight excluding hydrogens is 438 g/mol. The van der Waals surface area contributed by atoms with Crippen LogP contribution in [0.1, 0.15) is 21.7 Å². The van der Waals surface area contributed by atoms with Crippen LogP contribution in [0.3, 0.4) is 0 Å². The van der Waals surface area contributed by atoms with Gasteiger partial charge in [-0.05, 0) is 54.6 Å². The predicted octanol–water partition coefficient (Wildman–Crippen LogP) is 5.99. The highest BCUT2D eigenvalue weighted by atomic mass is 32.2. The zero-order valence-electron chi connectivity index (χ0n) is 16.7. The van der Waals surface area contributed by atoms with Crippen LogP contribution in [-0.2, 0) is 0 Å². The van der Waals surface area contributed by atoms with Crippen LogP contribution in [-0.4, -0.2) is 26.1 Å². The summed E-state index contributed by atoms with van der Waals surface area (Å²) in [6.45, 7) is 0. The molecule has 32 heavy (non-hydrogen) atoms. The summed E-state index contributed by atoms with van der Waals surface area (Å²) in [6.07, 6.45) is 7.32. The zero-order valence-corrected chi connectivity index (χ0v) is 18.4. The first-order valence-corrected chi connectivity index (χ1v) is 11.5. The third-order valence-electron chi connectivity index (χ3n) is 4.68. The third-order valence-corrected chi connectivity index (χ3v) is 6.43. The lowest BCUT2D eigenvalue weighted by Gasteiger charge is -2.08. The Kier molecular flexibility index (Phi) is 5.78. The van der Waals surface area contributed by atoms with Crippen LogP contribution in [0.2, 0.25) is 0 Å². The molecule has 2 N–H and O–H groups in total. The highest BCUT2D eigenvalue weighted by molar-refractivity contribution is 7.99. The second-order valence-corrected chi connectivity index (χ2v) is 8.80. The Hall–Kier alpha value is -3.75. The highest BCUT2D eigenvalue weighted by Gasteiger charge is 2.14. The van der Waals surface area contributed by atoms with Crippen molar-refractivity contribution in [3.05, 3.63) is 95.4 Å². The van der Waals surface area contributed by atoms with Crippen molar-refractivity contribution >= 4 is 57.2 Å². The van der Waals surface area contributed by atoms with E-state index in [9.17, 15) is 4.79 Å². The molecule has 3 heterocycles. The van der Waals surface area contributed by atoms with E-state index >= 15 is 0 Å². The normalized spacial score (nSPS) is 11.2. The Balaban J connectivity index is 1.37. The minimum atomic E-state index is -0.174. The van der Waals surface area contributed by atoms with Gasteiger partial charge in [-0.2, -0.15) is 5.10 Å². The maximum Gasteiger partial charge on any atom is 0.258 e. The summed E-state index contributed by atoms with van der Waals surface area (Å²) in [5.74, 6) is -0.174. The summed E-state index contributed by atoms with van der Waals surface area (Å²) in [6, 6.07) is 19.5. The Labute approximate surface area is 192 Å². The average molecular weight is 456 g/mol. The van der Waals surface area contributed by atoms with E-state index in [1.807, 2.05) is 78.2 Å². The molecule has 156 valence electrons. The number of hydrogen-bond acceptors (Lipinski definition) is 6. The molecule has 0 unspecified atom stereocenters. The number of nitrogens with zero attached hydrogens (tertiary/aromatic N) is 3. The summed E-state index contributed by atoms with van der Waals surface area (Å²) in [7, 11) is 0. The van der Waals surface area contributed by atoms with Crippen LogP contribution in [0.25, 0.3) is 23.1 Å². The smallest absolute Gasteiger partial charge is 0.258 e. The van der Waals surface area contributed by atoms with Gasteiger partial charge in [0.25, 0.3) is 5.91 Å². The lowest BCUT2D eigenvalue weighted by molar-refractivity contribution is 0.102. The monoisotopic (exact) mass is 455 g/mol. The van der Waals surface area contributed by atoms with Crippen molar-refractivity contribution in [1.29, 1.82) is 0 Å². The van der Waals surface area contributed by atoms with E-state index in [2.05, 4.69) is 25.5 Å². The van der Waals surface area contributed by atoms with Gasteiger partial charge in [-0.3, -0.25) is 20.2 Å². The van der Waals surface area contributed by atoms with Gasteiger partial charge < -0.3 is 0 Å². The Morgan fingerprint density at radius 2 is 1.91 bits per heavy atom. The molecular formula is C24H17N5OS2. The fourth-order valence-corrected chi connectivity index (χ4v) is 4.68. The molecule has 0 bridgehead atoms. The molecule has 5 rings (SSSR count). The number of rotatable bonds is 6. The number of benzene rings is 2. The Bertz CT molecular complexity index is 1390. The number of aromatic amines is 1. The SMILES string of the molecule is O=C(Nc1nccs1)c1ccccc1Sc1ccc2c(C=Cc3ccccn3)n[nH]c2c1. The lowest BCUT2D eigenvalue weighted by Crippen LogP contribution is -2.12. The summed E-state index contributed by atoms with van der Waals surface area (Å²) in [5.41, 5.74) is 3.27. The number of aromatic nitrogens is 4. The number of nitrogens with one attached hydrogen (secondary N) is 2. The van der Waals surface area contributed by atoms with Gasteiger partial charge in [-0.1, -0.05) is 30.0 Å². The minimum Gasteiger partial charge on any atom is -0.298 e. The molecule has 1 amide bonds. The Morgan fingerprint density at radius 1 is 1.00 bits per heavy atom. The summed E-state index contributed by atoms with van der Waals surface area (Å²) < 4.78 is 0. The molecule has 0 aliphatic rings. The van der Waals surface area contributed by atoms with Gasteiger partial charge in [-0.25, -0.2) is 4.98 Å². The molecule has 0 saturated heterocycles. The standard InChI is InChI=1S/C24H17N5OS2/c30-23(27-24-26-13-14-31-24)19-6-1-2-7-22(19)32-17-9-10-18-20(28-29-21(18)15-17)11-8-16-5-3-4-12-25-16/h1-15H,(H,28,29)(H,26,27,30). The van der Waals surface area contributed by atoms with Gasteiger partial charge in [0.1, 0.15) is 0 Å². The maximum atomic E-state index is 12.7. The van der Waals surface area contributed by atoms with Gasteiger partial charge in [-0.15, -0.1) is 11.3 Å². The quantitative estimate of drug-likeness (QED) is 0.329. The number of H-pyrrole nitrogens is 1. The predicted molar refractivity (Wildman–Crippen MR) is 130 cm³/mol. The second kappa shape index (κ2) is 9.17. The van der Waals surface area contributed by atoms with Crippen LogP contribution >= 0.6 is 23.1 Å². The van der Waals surface area contributed by atoms with Crippen molar-refractivity contribution in [2.75, 3.05) is 5.32 Å². The first-order valence-electron chi connectivity index (χ1n) is 9.81. The number of fused-ring (bicyclic) bond motifs is 1. The molecule has 6 nitrogen and oxygen atoms in total. The average Bonchev–Trinajstić information content (AvgIpc) is 3.48. The molecule has 0 aliphatic heterocycles. The maximum absolute atomic E-state index is 12.7. The molecule has 3 aromatic heterocycles. The molecule has 8 heteroatoms. The number of thiazole rings is 1. The first kappa shape index (κ1) is 20.2. The summed E-state index contributed by atoms with van der Waals surface area (Å²) in [4.78, 5) is 23.0. The number of pyridine rings is 1. The number of anilines is 1. The van der Waals surface area contributed by atoms with Crippen LogP contribution in [0, 0.1) is 0 Å². The third kappa shape index (κ3) is 4.46.